The van der Waals surface area contributed by atoms with Crippen molar-refractivity contribution in [3.63, 3.8) is 0 Å². The van der Waals surface area contributed by atoms with Crippen LogP contribution in [0.2, 0.25) is 0 Å². The summed E-state index contributed by atoms with van der Waals surface area (Å²) < 4.78 is 8.06. The summed E-state index contributed by atoms with van der Waals surface area (Å²) in [4.78, 5) is 4.88. The molecule has 7 rings (SSSR count). The van der Waals surface area contributed by atoms with Crippen LogP contribution in [0.3, 0.4) is 0 Å². The molecule has 0 radical (unpaired) electrons. The van der Waals surface area contributed by atoms with Gasteiger partial charge < -0.3 is 4.74 Å². The molecule has 0 spiro atoms. The second kappa shape index (κ2) is 9.89. The normalized spacial score (nSPS) is 12.7. The summed E-state index contributed by atoms with van der Waals surface area (Å²) in [7, 11) is 0. The molecule has 184 valence electrons. The number of hydrogen-bond acceptors (Lipinski definition) is 3. The Morgan fingerprint density at radius 2 is 1.32 bits per heavy atom. The van der Waals surface area contributed by atoms with E-state index < -0.39 is 5.41 Å². The number of hydrogen-bond donors (Lipinski definition) is 0. The monoisotopic (exact) mass is 670 g/mol. The summed E-state index contributed by atoms with van der Waals surface area (Å²) >= 11 is 0. The van der Waals surface area contributed by atoms with E-state index in [2.05, 4.69) is 77.9 Å². The summed E-state index contributed by atoms with van der Waals surface area (Å²) in [6, 6.07) is 43.9. The van der Waals surface area contributed by atoms with E-state index in [4.69, 9.17) is 9.72 Å². The molecule has 4 aromatic carbocycles. The van der Waals surface area contributed by atoms with E-state index in [0.717, 1.165) is 16.9 Å². The van der Waals surface area contributed by atoms with Gasteiger partial charge in [-0.3, -0.25) is 9.67 Å². The van der Waals surface area contributed by atoms with Crippen LogP contribution in [0, 0.1) is 12.1 Å². The van der Waals surface area contributed by atoms with Crippen molar-refractivity contribution in [2.45, 2.75) is 5.41 Å². The number of pyridine rings is 1. The predicted octanol–water partition coefficient (Wildman–Crippen LogP) is 7.02. The topological polar surface area (TPSA) is 39.9 Å². The number of rotatable bonds is 5. The van der Waals surface area contributed by atoms with Crippen molar-refractivity contribution < 1.29 is 25.8 Å². The molecule has 5 heteroatoms. The molecule has 4 nitrogen and oxygen atoms in total. The smallest absolute Gasteiger partial charge is 0.509 e. The number of ether oxygens (including phenoxy) is 1. The van der Waals surface area contributed by atoms with E-state index in [1.165, 1.54) is 22.3 Å². The van der Waals surface area contributed by atoms with Crippen molar-refractivity contribution in [2.75, 3.05) is 0 Å². The number of fused-ring (bicyclic) bond motifs is 3. The van der Waals surface area contributed by atoms with Crippen LogP contribution in [-0.2, 0) is 26.5 Å². The average Bonchev–Trinajstić information content (AvgIpc) is 3.60. The third-order valence-electron chi connectivity index (χ3n) is 6.90. The molecular weight excluding hydrogens is 649 g/mol. The van der Waals surface area contributed by atoms with Gasteiger partial charge in [0.05, 0.1) is 11.1 Å². The van der Waals surface area contributed by atoms with Gasteiger partial charge in [0.1, 0.15) is 0 Å². The Morgan fingerprint density at radius 3 is 2.00 bits per heavy atom. The Kier molecular flexibility index (Phi) is 6.27. The van der Waals surface area contributed by atoms with Crippen molar-refractivity contribution in [3.8, 4) is 28.3 Å². The van der Waals surface area contributed by atoms with Gasteiger partial charge in [-0.25, -0.2) is 0 Å². The molecule has 0 N–H and O–H groups in total. The van der Waals surface area contributed by atoms with E-state index in [-0.39, 0.29) is 21.1 Å². The first kappa shape index (κ1) is 24.1. The summed E-state index contributed by atoms with van der Waals surface area (Å²) in [6.07, 6.45) is 5.48. The van der Waals surface area contributed by atoms with Gasteiger partial charge in [0.25, 0.3) is 0 Å². The Hall–Kier alpha value is -4.27. The quantitative estimate of drug-likeness (QED) is 0.185. The zero-order valence-corrected chi connectivity index (χ0v) is 22.5. The van der Waals surface area contributed by atoms with Gasteiger partial charge in [-0.2, -0.15) is 23.3 Å². The van der Waals surface area contributed by atoms with Crippen molar-refractivity contribution in [2.24, 2.45) is 0 Å². The van der Waals surface area contributed by atoms with Crippen LogP contribution in [0.5, 0.6) is 11.5 Å². The molecular formula is C33H21N3OPt. The fraction of sp³-hybridized carbons (Fsp3) is 0.0303. The second-order valence-corrected chi connectivity index (χ2v) is 8.94. The van der Waals surface area contributed by atoms with Gasteiger partial charge in [-0.1, -0.05) is 54.6 Å². The van der Waals surface area contributed by atoms with Gasteiger partial charge in [0, 0.05) is 30.1 Å². The van der Waals surface area contributed by atoms with Crippen molar-refractivity contribution in [1.29, 1.82) is 0 Å². The van der Waals surface area contributed by atoms with E-state index in [1.807, 2.05) is 60.9 Å². The molecule has 1 aliphatic carbocycles. The summed E-state index contributed by atoms with van der Waals surface area (Å²) in [6.45, 7) is 0. The second-order valence-electron chi connectivity index (χ2n) is 8.94. The maximum absolute atomic E-state index is 6.30. The Labute approximate surface area is 235 Å². The SMILES string of the molecule is [Pt+2].[c-]1c(Oc2[c-]c(C3(c4ccccn4)c4ccccc4-c4ccccc43)ccc2)cccc1-n1cccn1. The minimum absolute atomic E-state index is 0. The molecule has 1 aliphatic rings. The fourth-order valence-electron chi connectivity index (χ4n) is 5.41. The number of benzene rings is 4. The third kappa shape index (κ3) is 3.81. The fourth-order valence-corrected chi connectivity index (χ4v) is 5.41. The molecule has 38 heavy (non-hydrogen) atoms. The molecule has 0 atom stereocenters. The summed E-state index contributed by atoms with van der Waals surface area (Å²) in [5.74, 6) is 1.21. The van der Waals surface area contributed by atoms with E-state index in [0.29, 0.717) is 11.5 Å². The van der Waals surface area contributed by atoms with Crippen LogP contribution in [0.25, 0.3) is 16.8 Å². The van der Waals surface area contributed by atoms with Crippen LogP contribution in [0.15, 0.2) is 128 Å². The Bertz CT molecular complexity index is 1670. The molecule has 0 aliphatic heterocycles. The van der Waals surface area contributed by atoms with E-state index in [1.54, 1.807) is 10.9 Å². The maximum Gasteiger partial charge on any atom is 2.00 e. The molecule has 0 bridgehead atoms. The van der Waals surface area contributed by atoms with Crippen molar-refractivity contribution >= 4 is 0 Å². The van der Waals surface area contributed by atoms with E-state index in [9.17, 15) is 0 Å². The zero-order valence-electron chi connectivity index (χ0n) is 20.2. The van der Waals surface area contributed by atoms with Gasteiger partial charge in [0.15, 0.2) is 0 Å². The maximum atomic E-state index is 6.30. The first-order valence-corrected chi connectivity index (χ1v) is 12.2. The van der Waals surface area contributed by atoms with E-state index >= 15 is 0 Å². The van der Waals surface area contributed by atoms with Gasteiger partial charge >= 0.3 is 21.1 Å². The Morgan fingerprint density at radius 1 is 0.632 bits per heavy atom. The van der Waals surface area contributed by atoms with Crippen molar-refractivity contribution in [3.05, 3.63) is 162 Å². The Balaban J connectivity index is 0.00000264. The largest absolute Gasteiger partial charge is 2.00 e. The molecule has 0 unspecified atom stereocenters. The van der Waals surface area contributed by atoms with Crippen LogP contribution in [0.4, 0.5) is 0 Å². The first-order chi connectivity index (χ1) is 18.3. The van der Waals surface area contributed by atoms with Gasteiger partial charge in [-0.05, 0) is 46.1 Å². The average molecular weight is 671 g/mol. The molecule has 0 amide bonds. The zero-order chi connectivity index (χ0) is 24.7. The van der Waals surface area contributed by atoms with Crippen LogP contribution >= 0.6 is 0 Å². The third-order valence-corrected chi connectivity index (χ3v) is 6.90. The molecule has 6 aromatic rings. The summed E-state index contributed by atoms with van der Waals surface area (Å²) in [5, 5.41) is 4.30. The van der Waals surface area contributed by atoms with Crippen LogP contribution in [-0.4, -0.2) is 14.8 Å². The molecule has 0 saturated heterocycles. The minimum atomic E-state index is -0.617. The van der Waals surface area contributed by atoms with Crippen LogP contribution in [0.1, 0.15) is 22.4 Å². The van der Waals surface area contributed by atoms with Crippen molar-refractivity contribution in [1.82, 2.24) is 14.8 Å². The number of nitrogens with zero attached hydrogens (tertiary/aromatic N) is 3. The molecule has 2 aromatic heterocycles. The molecule has 0 fully saturated rings. The molecule has 0 saturated carbocycles. The minimum Gasteiger partial charge on any atom is -0.509 e. The predicted molar refractivity (Wildman–Crippen MR) is 143 cm³/mol. The van der Waals surface area contributed by atoms with Gasteiger partial charge in [0.2, 0.25) is 0 Å². The number of aromatic nitrogens is 3. The summed E-state index contributed by atoms with van der Waals surface area (Å²) in [5.41, 5.74) is 6.92. The standard InChI is InChI=1S/C33H21N3O.Pt/c1-3-16-30-28(14-1)29-15-2-4-17-31(29)33(30,32-18-5-6-19-34-32)24-10-7-12-26(22-24)37-27-13-8-11-25(23-27)36-21-9-20-35-36;/h1-21H;/q-2;+2. The van der Waals surface area contributed by atoms with Crippen LogP contribution < -0.4 is 4.74 Å². The molecule has 2 heterocycles. The van der Waals surface area contributed by atoms with Gasteiger partial charge in [-0.15, -0.1) is 35.9 Å². The first-order valence-electron chi connectivity index (χ1n) is 12.2.